The quantitative estimate of drug-likeness (QED) is 0.736. The third-order valence-corrected chi connectivity index (χ3v) is 5.13. The average molecular weight is 345 g/mol. The van der Waals surface area contributed by atoms with E-state index < -0.39 is 0 Å². The lowest BCUT2D eigenvalue weighted by molar-refractivity contribution is -0.134. The Balaban J connectivity index is 1.86. The number of amides is 1. The molecule has 1 aromatic carbocycles. The van der Waals surface area contributed by atoms with E-state index in [4.69, 9.17) is 21.3 Å². The second-order valence-corrected chi connectivity index (χ2v) is 6.63. The summed E-state index contributed by atoms with van der Waals surface area (Å²) in [6, 6.07) is 10.3. The maximum Gasteiger partial charge on any atom is 0.238 e. The normalized spacial score (nSPS) is 19.7. The Morgan fingerprint density at radius 2 is 2.17 bits per heavy atom. The van der Waals surface area contributed by atoms with Crippen molar-refractivity contribution in [3.05, 3.63) is 35.6 Å². The molecule has 0 saturated heterocycles. The summed E-state index contributed by atoms with van der Waals surface area (Å²) < 4.78 is 5.94. The van der Waals surface area contributed by atoms with Crippen LogP contribution in [0.25, 0.3) is 11.0 Å². The highest BCUT2D eigenvalue weighted by molar-refractivity contribution is 6.27. The first-order valence-corrected chi connectivity index (χ1v) is 8.93. The van der Waals surface area contributed by atoms with E-state index in [9.17, 15) is 4.79 Å². The molecule has 2 aromatic rings. The number of rotatable bonds is 6. The highest BCUT2D eigenvalue weighted by Crippen LogP contribution is 2.36. The van der Waals surface area contributed by atoms with E-state index in [-0.39, 0.29) is 17.8 Å². The van der Waals surface area contributed by atoms with Crippen molar-refractivity contribution >= 4 is 28.5 Å². The molecule has 0 radical (unpaired) electrons. The molecular weight excluding hydrogens is 324 g/mol. The number of fused-ring (bicyclic) bond motifs is 1. The van der Waals surface area contributed by atoms with Crippen LogP contribution in [0.5, 0.6) is 0 Å². The van der Waals surface area contributed by atoms with E-state index in [2.05, 4.69) is 13.0 Å². The first kappa shape index (κ1) is 16.9. The van der Waals surface area contributed by atoms with Crippen molar-refractivity contribution < 1.29 is 9.21 Å². The highest BCUT2D eigenvalue weighted by atomic mass is 35.5. The second-order valence-electron chi connectivity index (χ2n) is 6.36. The third-order valence-electron chi connectivity index (χ3n) is 4.90. The molecule has 1 fully saturated rings. The van der Waals surface area contributed by atoms with Crippen LogP contribution >= 0.6 is 11.6 Å². The number of hydrogen-bond donors (Lipinski definition) is 0. The average Bonchev–Trinajstić information content (AvgIpc) is 2.93. The molecule has 0 spiro atoms. The largest absolute Gasteiger partial charge is 0.461 e. The van der Waals surface area contributed by atoms with Crippen LogP contribution in [0.3, 0.4) is 0 Å². The summed E-state index contributed by atoms with van der Waals surface area (Å²) in [6.07, 6.45) is 3.11. The number of carbonyl (C=O) groups is 1. The minimum atomic E-state index is -0.0515. The van der Waals surface area contributed by atoms with Crippen molar-refractivity contribution in [2.24, 2.45) is 5.92 Å². The number of furan rings is 1. The zero-order chi connectivity index (χ0) is 17.1. The lowest BCUT2D eigenvalue weighted by atomic mass is 9.77. The minimum absolute atomic E-state index is 0.0172. The van der Waals surface area contributed by atoms with E-state index in [1.165, 1.54) is 0 Å². The zero-order valence-electron chi connectivity index (χ0n) is 13.8. The van der Waals surface area contributed by atoms with Crippen LogP contribution in [0.4, 0.5) is 0 Å². The van der Waals surface area contributed by atoms with E-state index in [1.54, 1.807) is 0 Å². The molecule has 0 N–H and O–H groups in total. The van der Waals surface area contributed by atoms with Gasteiger partial charge in [0.05, 0.1) is 12.6 Å². The van der Waals surface area contributed by atoms with Crippen LogP contribution in [-0.4, -0.2) is 22.7 Å². The predicted octanol–water partition coefficient (Wildman–Crippen LogP) is 4.25. The minimum Gasteiger partial charge on any atom is -0.461 e. The van der Waals surface area contributed by atoms with Gasteiger partial charge < -0.3 is 9.32 Å². The Kier molecular flexibility index (Phi) is 5.11. The van der Waals surface area contributed by atoms with Gasteiger partial charge in [-0.2, -0.15) is 5.26 Å². The van der Waals surface area contributed by atoms with Gasteiger partial charge in [-0.25, -0.2) is 0 Å². The molecule has 1 aliphatic rings. The number of alkyl halides is 1. The number of aryl methyl sites for hydroxylation is 1. The van der Waals surface area contributed by atoms with Crippen molar-refractivity contribution in [1.82, 2.24) is 4.90 Å². The fraction of sp³-hybridized carbons (Fsp3) is 0.474. The maximum atomic E-state index is 12.4. The summed E-state index contributed by atoms with van der Waals surface area (Å²) in [4.78, 5) is 14.2. The van der Waals surface area contributed by atoms with Gasteiger partial charge in [0.15, 0.2) is 0 Å². The Morgan fingerprint density at radius 3 is 2.83 bits per heavy atom. The van der Waals surface area contributed by atoms with Crippen LogP contribution < -0.4 is 0 Å². The Labute approximate surface area is 147 Å². The molecule has 24 heavy (non-hydrogen) atoms. The summed E-state index contributed by atoms with van der Waals surface area (Å²) in [7, 11) is 0. The summed E-state index contributed by atoms with van der Waals surface area (Å²) in [5.74, 6) is 1.26. The van der Waals surface area contributed by atoms with Gasteiger partial charge in [-0.3, -0.25) is 4.79 Å². The van der Waals surface area contributed by atoms with Crippen LogP contribution in [0, 0.1) is 17.2 Å². The van der Waals surface area contributed by atoms with E-state index >= 15 is 0 Å². The maximum absolute atomic E-state index is 12.4. The molecule has 0 unspecified atom stereocenters. The Hall–Kier alpha value is -1.99. The number of nitriles is 1. The molecule has 1 aliphatic carbocycles. The van der Waals surface area contributed by atoms with E-state index in [0.717, 1.165) is 41.6 Å². The van der Waals surface area contributed by atoms with Gasteiger partial charge in [0, 0.05) is 29.8 Å². The first-order valence-electron chi connectivity index (χ1n) is 8.39. The van der Waals surface area contributed by atoms with Gasteiger partial charge in [0.2, 0.25) is 5.91 Å². The van der Waals surface area contributed by atoms with Crippen molar-refractivity contribution in [2.45, 2.75) is 45.2 Å². The fourth-order valence-electron chi connectivity index (χ4n) is 3.53. The van der Waals surface area contributed by atoms with Crippen molar-refractivity contribution in [3.8, 4) is 6.07 Å². The highest BCUT2D eigenvalue weighted by Gasteiger charge is 2.36. The van der Waals surface area contributed by atoms with Crippen LogP contribution in [0.1, 0.15) is 37.5 Å². The number of halogens is 1. The molecule has 126 valence electrons. The molecule has 1 heterocycles. The number of nitrogens with zero attached hydrogens (tertiary/aromatic N) is 2. The van der Waals surface area contributed by atoms with E-state index in [0.29, 0.717) is 18.9 Å². The topological polar surface area (TPSA) is 57.2 Å². The van der Waals surface area contributed by atoms with Crippen LogP contribution in [-0.2, 0) is 17.8 Å². The number of hydrogen-bond acceptors (Lipinski definition) is 3. The summed E-state index contributed by atoms with van der Waals surface area (Å²) in [5.41, 5.74) is 1.94. The van der Waals surface area contributed by atoms with Crippen molar-refractivity contribution in [2.75, 3.05) is 5.88 Å². The number of benzene rings is 1. The predicted molar refractivity (Wildman–Crippen MR) is 93.6 cm³/mol. The summed E-state index contributed by atoms with van der Waals surface area (Å²) in [6.45, 7) is 2.58. The van der Waals surface area contributed by atoms with Crippen molar-refractivity contribution in [3.63, 3.8) is 0 Å². The molecule has 4 nitrogen and oxygen atoms in total. The molecule has 0 aliphatic heterocycles. The summed E-state index contributed by atoms with van der Waals surface area (Å²) in [5, 5.41) is 9.88. The Morgan fingerprint density at radius 1 is 1.42 bits per heavy atom. The Bertz CT molecular complexity index is 771. The van der Waals surface area contributed by atoms with Gasteiger partial charge in [-0.15, -0.1) is 11.6 Å². The molecular formula is C19H21ClN2O2. The molecule has 3 rings (SSSR count). The standard InChI is InChI=1S/C19H21ClN2O2/c1-2-17-16(15-5-3-4-6-18(15)24-17)12-22(19(23)11-20)14-9-13(10-14)7-8-21/h3-6,13-14H,2,7,9-12H2,1H3. The second kappa shape index (κ2) is 7.27. The molecule has 0 atom stereocenters. The molecule has 1 saturated carbocycles. The van der Waals surface area contributed by atoms with E-state index in [1.807, 2.05) is 29.2 Å². The van der Waals surface area contributed by atoms with Crippen molar-refractivity contribution in [1.29, 1.82) is 5.26 Å². The molecule has 0 bridgehead atoms. The number of para-hydroxylation sites is 1. The van der Waals surface area contributed by atoms with Gasteiger partial charge >= 0.3 is 0 Å². The lowest BCUT2D eigenvalue weighted by Crippen LogP contribution is -2.48. The molecule has 1 aromatic heterocycles. The van der Waals surface area contributed by atoms with Gasteiger partial charge in [0.1, 0.15) is 17.2 Å². The zero-order valence-corrected chi connectivity index (χ0v) is 14.6. The SMILES string of the molecule is CCc1oc2ccccc2c1CN(C(=O)CCl)C1CC(CC#N)C1. The summed E-state index contributed by atoms with van der Waals surface area (Å²) >= 11 is 5.83. The lowest BCUT2D eigenvalue weighted by Gasteiger charge is -2.42. The first-order chi connectivity index (χ1) is 11.7. The monoisotopic (exact) mass is 344 g/mol. The van der Waals surface area contributed by atoms with Gasteiger partial charge in [0.25, 0.3) is 0 Å². The van der Waals surface area contributed by atoms with Crippen LogP contribution in [0.15, 0.2) is 28.7 Å². The van der Waals surface area contributed by atoms with Crippen LogP contribution in [0.2, 0.25) is 0 Å². The third kappa shape index (κ3) is 3.14. The number of carbonyl (C=O) groups excluding carboxylic acids is 1. The molecule has 5 heteroatoms. The van der Waals surface area contributed by atoms with Gasteiger partial charge in [-0.1, -0.05) is 25.1 Å². The molecule has 1 amide bonds. The van der Waals surface area contributed by atoms with Gasteiger partial charge in [-0.05, 0) is 24.8 Å². The smallest absolute Gasteiger partial charge is 0.238 e. The fourth-order valence-corrected chi connectivity index (χ4v) is 3.68.